The molecule has 0 spiro atoms. The van der Waals surface area contributed by atoms with Crippen molar-refractivity contribution in [1.29, 1.82) is 0 Å². The summed E-state index contributed by atoms with van der Waals surface area (Å²) in [5.41, 5.74) is 13.9. The first-order valence-corrected chi connectivity index (χ1v) is 10.7. The normalized spacial score (nSPS) is 16.5. The standard InChI is InChI=1S/C20H33N7O.C2H6/c1-12(2)15(18(22)20(28)23-4)11-16(21)25-17-10-13(3)24-19(26-17)14-6-8-27(5)9-7-14;1-2/h10-12,14H,6-9,21-22H2,1-5H3,(H,23,28)(H,24,25,26);1-2H3/b16-11+,18-15+;. The fourth-order valence-electron chi connectivity index (χ4n) is 3.28. The van der Waals surface area contributed by atoms with Gasteiger partial charge in [-0.05, 0) is 57.5 Å². The summed E-state index contributed by atoms with van der Waals surface area (Å²) in [6, 6.07) is 1.86. The smallest absolute Gasteiger partial charge is 0.267 e. The Morgan fingerprint density at radius 2 is 1.83 bits per heavy atom. The topological polar surface area (TPSA) is 122 Å². The molecule has 8 heteroatoms. The van der Waals surface area contributed by atoms with Gasteiger partial charge in [-0.1, -0.05) is 27.7 Å². The average molecular weight is 418 g/mol. The van der Waals surface area contributed by atoms with Gasteiger partial charge >= 0.3 is 0 Å². The summed E-state index contributed by atoms with van der Waals surface area (Å²) in [6.07, 6.45) is 3.79. The van der Waals surface area contributed by atoms with Crippen LogP contribution in [-0.2, 0) is 4.79 Å². The Morgan fingerprint density at radius 1 is 1.23 bits per heavy atom. The summed E-state index contributed by atoms with van der Waals surface area (Å²) >= 11 is 0. The van der Waals surface area contributed by atoms with E-state index in [9.17, 15) is 4.79 Å². The zero-order chi connectivity index (χ0) is 22.8. The number of aryl methyl sites for hydroxylation is 1. The number of rotatable bonds is 6. The molecule has 2 heterocycles. The summed E-state index contributed by atoms with van der Waals surface area (Å²) < 4.78 is 0. The van der Waals surface area contributed by atoms with Crippen LogP contribution in [0.5, 0.6) is 0 Å². The third-order valence-corrected chi connectivity index (χ3v) is 4.94. The lowest BCUT2D eigenvalue weighted by atomic mass is 9.96. The summed E-state index contributed by atoms with van der Waals surface area (Å²) in [7, 11) is 3.68. The largest absolute Gasteiger partial charge is 0.394 e. The number of carbonyl (C=O) groups is 1. The molecule has 0 aromatic carbocycles. The minimum Gasteiger partial charge on any atom is -0.394 e. The van der Waals surface area contributed by atoms with E-state index in [1.165, 1.54) is 0 Å². The van der Waals surface area contributed by atoms with Gasteiger partial charge in [-0.25, -0.2) is 9.97 Å². The molecule has 1 aliphatic heterocycles. The van der Waals surface area contributed by atoms with E-state index in [2.05, 4.69) is 32.5 Å². The van der Waals surface area contributed by atoms with E-state index in [0.29, 0.717) is 23.1 Å². The molecular formula is C22H39N7O. The van der Waals surface area contributed by atoms with Crippen molar-refractivity contribution in [1.82, 2.24) is 20.2 Å². The maximum absolute atomic E-state index is 11.9. The number of hydrogen-bond acceptors (Lipinski definition) is 7. The molecule has 0 aliphatic carbocycles. The van der Waals surface area contributed by atoms with Crippen molar-refractivity contribution in [3.8, 4) is 0 Å². The van der Waals surface area contributed by atoms with Crippen molar-refractivity contribution in [3.05, 3.63) is 40.8 Å². The lowest BCUT2D eigenvalue weighted by Gasteiger charge is -2.28. The van der Waals surface area contributed by atoms with Crippen LogP contribution in [0, 0.1) is 12.8 Å². The van der Waals surface area contributed by atoms with Crippen LogP contribution in [0.1, 0.15) is 58.0 Å². The highest BCUT2D eigenvalue weighted by Gasteiger charge is 2.21. The summed E-state index contributed by atoms with van der Waals surface area (Å²) in [6.45, 7) is 12.0. The Morgan fingerprint density at radius 3 is 2.37 bits per heavy atom. The van der Waals surface area contributed by atoms with Gasteiger partial charge in [0.15, 0.2) is 0 Å². The second kappa shape index (κ2) is 12.2. The first-order chi connectivity index (χ1) is 14.2. The molecule has 0 unspecified atom stereocenters. The van der Waals surface area contributed by atoms with Crippen LogP contribution in [-0.4, -0.2) is 48.0 Å². The van der Waals surface area contributed by atoms with E-state index in [-0.39, 0.29) is 17.5 Å². The van der Waals surface area contributed by atoms with Gasteiger partial charge in [0.25, 0.3) is 5.91 Å². The molecule has 1 aromatic rings. The average Bonchev–Trinajstić information content (AvgIpc) is 2.72. The van der Waals surface area contributed by atoms with Crippen molar-refractivity contribution in [3.63, 3.8) is 0 Å². The second-order valence-corrected chi connectivity index (χ2v) is 7.66. The Balaban J connectivity index is 0.00000218. The molecule has 0 radical (unpaired) electrons. The molecule has 1 aromatic heterocycles. The number of anilines is 1. The third-order valence-electron chi connectivity index (χ3n) is 4.94. The van der Waals surface area contributed by atoms with Crippen LogP contribution in [0.15, 0.2) is 29.2 Å². The van der Waals surface area contributed by atoms with Crippen LogP contribution in [0.2, 0.25) is 0 Å². The molecule has 30 heavy (non-hydrogen) atoms. The SMILES string of the molecule is CC.CNC(=O)/C(N)=C(/C=C(\N)Nc1cc(C)nc(C2CCN(C)CC2)n1)C(C)C. The summed E-state index contributed by atoms with van der Waals surface area (Å²) in [4.78, 5) is 23.5. The molecule has 0 atom stereocenters. The monoisotopic (exact) mass is 417 g/mol. The number of nitrogens with zero attached hydrogens (tertiary/aromatic N) is 3. The lowest BCUT2D eigenvalue weighted by Crippen LogP contribution is -2.30. The highest BCUT2D eigenvalue weighted by molar-refractivity contribution is 5.93. The zero-order valence-electron chi connectivity index (χ0n) is 19.5. The van der Waals surface area contributed by atoms with Gasteiger partial charge in [0, 0.05) is 24.7 Å². The van der Waals surface area contributed by atoms with Gasteiger partial charge in [-0.15, -0.1) is 0 Å². The van der Waals surface area contributed by atoms with E-state index in [1.807, 2.05) is 40.7 Å². The number of aromatic nitrogens is 2. The van der Waals surface area contributed by atoms with Crippen molar-refractivity contribution < 1.29 is 4.79 Å². The highest BCUT2D eigenvalue weighted by Crippen LogP contribution is 2.26. The Kier molecular flexibility index (Phi) is 10.3. The molecule has 2 rings (SSSR count). The zero-order valence-corrected chi connectivity index (χ0v) is 19.5. The van der Waals surface area contributed by atoms with Crippen LogP contribution in [0.25, 0.3) is 0 Å². The molecule has 168 valence electrons. The van der Waals surface area contributed by atoms with Crippen molar-refractivity contribution in [2.75, 3.05) is 32.5 Å². The first kappa shape index (κ1) is 25.4. The van der Waals surface area contributed by atoms with Gasteiger partial charge in [0.1, 0.15) is 23.2 Å². The number of nitrogens with one attached hydrogen (secondary N) is 2. The Bertz CT molecular complexity index is 763. The fraction of sp³-hybridized carbons (Fsp3) is 0.591. The number of amides is 1. The molecule has 6 N–H and O–H groups in total. The van der Waals surface area contributed by atoms with Crippen molar-refractivity contribution in [2.24, 2.45) is 17.4 Å². The number of allylic oxidation sites excluding steroid dienone is 2. The first-order valence-electron chi connectivity index (χ1n) is 10.7. The molecular weight excluding hydrogens is 378 g/mol. The van der Waals surface area contributed by atoms with Gasteiger partial charge < -0.3 is 27.0 Å². The van der Waals surface area contributed by atoms with Gasteiger partial charge in [-0.2, -0.15) is 0 Å². The van der Waals surface area contributed by atoms with Crippen molar-refractivity contribution in [2.45, 2.75) is 53.4 Å². The third kappa shape index (κ3) is 7.33. The Hall–Kier alpha value is -2.61. The van der Waals surface area contributed by atoms with Crippen molar-refractivity contribution >= 4 is 11.7 Å². The van der Waals surface area contributed by atoms with Gasteiger partial charge in [0.05, 0.1) is 0 Å². The van der Waals surface area contributed by atoms with Gasteiger partial charge in [0.2, 0.25) is 0 Å². The van der Waals surface area contributed by atoms with E-state index in [0.717, 1.165) is 37.4 Å². The van der Waals surface area contributed by atoms with Crippen LogP contribution in [0.4, 0.5) is 5.82 Å². The Labute approximate surface area is 181 Å². The maximum Gasteiger partial charge on any atom is 0.267 e. The minimum absolute atomic E-state index is 0.0413. The van der Waals surface area contributed by atoms with Gasteiger partial charge in [-0.3, -0.25) is 4.79 Å². The molecule has 1 fully saturated rings. The molecule has 0 bridgehead atoms. The lowest BCUT2D eigenvalue weighted by molar-refractivity contribution is -0.117. The minimum atomic E-state index is -0.324. The molecule has 0 saturated carbocycles. The summed E-state index contributed by atoms with van der Waals surface area (Å²) in [5, 5.41) is 5.67. The number of likely N-dealkylation sites (tertiary alicyclic amines) is 1. The molecule has 1 saturated heterocycles. The predicted molar refractivity (Wildman–Crippen MR) is 124 cm³/mol. The quantitative estimate of drug-likeness (QED) is 0.414. The number of carbonyl (C=O) groups excluding carboxylic acids is 1. The summed E-state index contributed by atoms with van der Waals surface area (Å²) in [5.74, 6) is 1.96. The van der Waals surface area contributed by atoms with Crippen LogP contribution >= 0.6 is 0 Å². The number of likely N-dealkylation sites (N-methyl/N-ethyl adjacent to an activating group) is 1. The van der Waals surface area contributed by atoms with E-state index in [1.54, 1.807) is 13.1 Å². The number of piperidine rings is 1. The highest BCUT2D eigenvalue weighted by atomic mass is 16.1. The van der Waals surface area contributed by atoms with Crippen LogP contribution in [0.3, 0.4) is 0 Å². The van der Waals surface area contributed by atoms with E-state index in [4.69, 9.17) is 11.5 Å². The van der Waals surface area contributed by atoms with E-state index < -0.39 is 0 Å². The predicted octanol–water partition coefficient (Wildman–Crippen LogP) is 2.45. The van der Waals surface area contributed by atoms with Crippen LogP contribution < -0.4 is 22.1 Å². The number of hydrogen-bond donors (Lipinski definition) is 4. The maximum atomic E-state index is 11.9. The molecule has 8 nitrogen and oxygen atoms in total. The molecule has 1 aliphatic rings. The second-order valence-electron chi connectivity index (χ2n) is 7.66. The fourth-order valence-corrected chi connectivity index (χ4v) is 3.28. The molecule has 1 amide bonds. The number of nitrogens with two attached hydrogens (primary N) is 2. The van der Waals surface area contributed by atoms with E-state index >= 15 is 0 Å².